The second kappa shape index (κ2) is 6.17. The molecule has 1 heterocycles. The maximum atomic E-state index is 13.9. The van der Waals surface area contributed by atoms with Gasteiger partial charge in [-0.2, -0.15) is 4.98 Å². The van der Waals surface area contributed by atoms with Crippen LogP contribution in [0.2, 0.25) is 0 Å². The molecule has 0 spiro atoms. The Morgan fingerprint density at radius 1 is 1.35 bits per heavy atom. The van der Waals surface area contributed by atoms with Gasteiger partial charge in [-0.15, -0.1) is 0 Å². The molecule has 1 atom stereocenters. The van der Waals surface area contributed by atoms with Crippen LogP contribution in [0.25, 0.3) is 0 Å². The van der Waals surface area contributed by atoms with Crippen molar-refractivity contribution in [1.29, 1.82) is 0 Å². The topological polar surface area (TPSA) is 41.1 Å². The molecule has 106 valence electrons. The van der Waals surface area contributed by atoms with E-state index in [0.29, 0.717) is 17.3 Å². The summed E-state index contributed by atoms with van der Waals surface area (Å²) in [6.45, 7) is 1.94. The van der Waals surface area contributed by atoms with Crippen molar-refractivity contribution in [3.63, 3.8) is 0 Å². The maximum absolute atomic E-state index is 13.9. The number of aromatic nitrogens is 2. The Hall–Kier alpha value is -1.69. The lowest BCUT2D eigenvalue weighted by Crippen LogP contribution is -2.24. The van der Waals surface area contributed by atoms with Crippen LogP contribution in [0.3, 0.4) is 0 Å². The first-order valence-corrected chi connectivity index (χ1v) is 7.01. The van der Waals surface area contributed by atoms with Gasteiger partial charge in [-0.05, 0) is 28.9 Å². The highest BCUT2D eigenvalue weighted by atomic mass is 79.9. The highest BCUT2D eigenvalue weighted by molar-refractivity contribution is 9.10. The van der Waals surface area contributed by atoms with Crippen molar-refractivity contribution in [2.45, 2.75) is 13.0 Å². The average molecular weight is 339 g/mol. The number of halogens is 2. The number of anilines is 2. The fraction of sp³-hybridized carbons (Fsp3) is 0.286. The van der Waals surface area contributed by atoms with Gasteiger partial charge in [-0.25, -0.2) is 9.37 Å². The second-order valence-corrected chi connectivity index (χ2v) is 5.28. The minimum absolute atomic E-state index is 0.146. The third kappa shape index (κ3) is 2.90. The Kier molecular flexibility index (Phi) is 4.54. The van der Waals surface area contributed by atoms with Crippen molar-refractivity contribution in [3.05, 3.63) is 46.3 Å². The van der Waals surface area contributed by atoms with E-state index in [1.54, 1.807) is 25.4 Å². The molecule has 1 N–H and O–H groups in total. The predicted octanol–water partition coefficient (Wildman–Crippen LogP) is 3.62. The van der Waals surface area contributed by atoms with Crippen LogP contribution >= 0.6 is 15.9 Å². The van der Waals surface area contributed by atoms with Gasteiger partial charge >= 0.3 is 0 Å². The van der Waals surface area contributed by atoms with Gasteiger partial charge in [-0.3, -0.25) is 0 Å². The molecule has 1 unspecified atom stereocenters. The van der Waals surface area contributed by atoms with Gasteiger partial charge in [0.2, 0.25) is 5.95 Å². The Balaban J connectivity index is 2.36. The van der Waals surface area contributed by atoms with Gasteiger partial charge in [0.15, 0.2) is 0 Å². The van der Waals surface area contributed by atoms with Crippen LogP contribution in [0.4, 0.5) is 16.2 Å². The van der Waals surface area contributed by atoms with Crippen LogP contribution in [0.15, 0.2) is 34.9 Å². The van der Waals surface area contributed by atoms with E-state index in [1.807, 2.05) is 24.9 Å². The Morgan fingerprint density at radius 2 is 2.05 bits per heavy atom. The number of nitrogens with zero attached hydrogens (tertiary/aromatic N) is 3. The lowest BCUT2D eigenvalue weighted by atomic mass is 10.1. The van der Waals surface area contributed by atoms with Crippen molar-refractivity contribution < 1.29 is 4.39 Å². The highest BCUT2D eigenvalue weighted by Crippen LogP contribution is 2.30. The zero-order valence-electron chi connectivity index (χ0n) is 11.6. The Labute approximate surface area is 126 Å². The molecule has 0 saturated carbocycles. The first-order valence-electron chi connectivity index (χ1n) is 6.22. The van der Waals surface area contributed by atoms with E-state index in [9.17, 15) is 4.39 Å². The number of rotatable bonds is 4. The molecule has 0 bridgehead atoms. The van der Waals surface area contributed by atoms with Gasteiger partial charge in [0, 0.05) is 25.9 Å². The van der Waals surface area contributed by atoms with Crippen LogP contribution in [-0.2, 0) is 0 Å². The second-order valence-electron chi connectivity index (χ2n) is 4.42. The van der Waals surface area contributed by atoms with E-state index >= 15 is 0 Å². The number of benzene rings is 1. The molecule has 0 aliphatic heterocycles. The summed E-state index contributed by atoms with van der Waals surface area (Å²) in [5, 5.41) is 2.90. The average Bonchev–Trinajstić information content (AvgIpc) is 2.47. The van der Waals surface area contributed by atoms with Crippen LogP contribution < -0.4 is 10.2 Å². The first kappa shape index (κ1) is 14.7. The van der Waals surface area contributed by atoms with Gasteiger partial charge < -0.3 is 10.2 Å². The lowest BCUT2D eigenvalue weighted by molar-refractivity contribution is 0.584. The fourth-order valence-corrected chi connectivity index (χ4v) is 2.40. The van der Waals surface area contributed by atoms with Crippen LogP contribution in [0, 0.1) is 5.82 Å². The standard InChI is InChI=1S/C14H16BrFN4/c1-9(10-6-4-5-7-12(10)16)20(3)13-11(15)8-18-14(17-2)19-13/h4-9H,1-3H3,(H,17,18,19). The highest BCUT2D eigenvalue weighted by Gasteiger charge is 2.19. The quantitative estimate of drug-likeness (QED) is 0.924. The molecule has 6 heteroatoms. The SMILES string of the molecule is CNc1ncc(Br)c(N(C)C(C)c2ccccc2F)n1. The zero-order valence-corrected chi connectivity index (χ0v) is 13.1. The molecule has 0 aliphatic carbocycles. The third-order valence-corrected chi connectivity index (χ3v) is 3.78. The van der Waals surface area contributed by atoms with E-state index in [2.05, 4.69) is 31.2 Å². The minimum atomic E-state index is -0.217. The summed E-state index contributed by atoms with van der Waals surface area (Å²) in [5.74, 6) is 1.02. The molecule has 2 rings (SSSR count). The normalized spacial score (nSPS) is 12.1. The van der Waals surface area contributed by atoms with E-state index in [1.165, 1.54) is 6.07 Å². The Bertz CT molecular complexity index is 605. The molecular weight excluding hydrogens is 323 g/mol. The van der Waals surface area contributed by atoms with Crippen molar-refractivity contribution in [3.8, 4) is 0 Å². The van der Waals surface area contributed by atoms with Crippen LogP contribution in [-0.4, -0.2) is 24.1 Å². The molecule has 1 aromatic carbocycles. The summed E-state index contributed by atoms with van der Waals surface area (Å²) in [5.41, 5.74) is 0.631. The zero-order chi connectivity index (χ0) is 14.7. The fourth-order valence-electron chi connectivity index (χ4n) is 1.93. The van der Waals surface area contributed by atoms with Gasteiger partial charge in [0.1, 0.15) is 11.6 Å². The molecule has 0 saturated heterocycles. The maximum Gasteiger partial charge on any atom is 0.224 e. The minimum Gasteiger partial charge on any atom is -0.357 e. The molecule has 2 aromatic rings. The molecule has 1 aromatic heterocycles. The monoisotopic (exact) mass is 338 g/mol. The summed E-state index contributed by atoms with van der Waals surface area (Å²) in [6.07, 6.45) is 1.68. The van der Waals surface area contributed by atoms with E-state index < -0.39 is 0 Å². The molecular formula is C14H16BrFN4. The van der Waals surface area contributed by atoms with Crippen LogP contribution in [0.1, 0.15) is 18.5 Å². The van der Waals surface area contributed by atoms with Crippen molar-refractivity contribution in [1.82, 2.24) is 9.97 Å². The summed E-state index contributed by atoms with van der Waals surface area (Å²) < 4.78 is 14.6. The summed E-state index contributed by atoms with van der Waals surface area (Å²) in [7, 11) is 3.64. The molecule has 0 radical (unpaired) electrons. The largest absolute Gasteiger partial charge is 0.357 e. The van der Waals surface area contributed by atoms with Crippen molar-refractivity contribution in [2.75, 3.05) is 24.3 Å². The summed E-state index contributed by atoms with van der Waals surface area (Å²) >= 11 is 3.43. The molecule has 0 aliphatic rings. The molecule has 0 fully saturated rings. The van der Waals surface area contributed by atoms with Crippen molar-refractivity contribution >= 4 is 27.7 Å². The van der Waals surface area contributed by atoms with Gasteiger partial charge in [0.25, 0.3) is 0 Å². The van der Waals surface area contributed by atoms with E-state index in [4.69, 9.17) is 0 Å². The molecule has 0 amide bonds. The van der Waals surface area contributed by atoms with E-state index in [0.717, 1.165) is 4.47 Å². The smallest absolute Gasteiger partial charge is 0.224 e. The molecule has 4 nitrogen and oxygen atoms in total. The van der Waals surface area contributed by atoms with Gasteiger partial charge in [-0.1, -0.05) is 18.2 Å². The first-order chi connectivity index (χ1) is 9.54. The Morgan fingerprint density at radius 3 is 2.70 bits per heavy atom. The number of nitrogens with one attached hydrogen (secondary N) is 1. The number of hydrogen-bond acceptors (Lipinski definition) is 4. The molecule has 20 heavy (non-hydrogen) atoms. The lowest BCUT2D eigenvalue weighted by Gasteiger charge is -2.27. The van der Waals surface area contributed by atoms with E-state index in [-0.39, 0.29) is 11.9 Å². The van der Waals surface area contributed by atoms with Crippen LogP contribution in [0.5, 0.6) is 0 Å². The predicted molar refractivity (Wildman–Crippen MR) is 82.5 cm³/mol. The number of hydrogen-bond donors (Lipinski definition) is 1. The summed E-state index contributed by atoms with van der Waals surface area (Å²) in [4.78, 5) is 10.4. The summed E-state index contributed by atoms with van der Waals surface area (Å²) in [6, 6.07) is 6.62. The third-order valence-electron chi connectivity index (χ3n) is 3.22. The van der Waals surface area contributed by atoms with Crippen molar-refractivity contribution in [2.24, 2.45) is 0 Å². The van der Waals surface area contributed by atoms with Gasteiger partial charge in [0.05, 0.1) is 10.5 Å².